The Morgan fingerprint density at radius 1 is 1.41 bits per heavy atom. The Morgan fingerprint density at radius 2 is 2.18 bits per heavy atom. The molecule has 1 atom stereocenters. The lowest BCUT2D eigenvalue weighted by Crippen LogP contribution is -2.45. The largest absolute Gasteiger partial charge is 0.369 e. The second kappa shape index (κ2) is 6.58. The molecule has 2 saturated heterocycles. The molecule has 2 fully saturated rings. The van der Waals surface area contributed by atoms with Crippen LogP contribution in [0, 0.1) is 6.92 Å². The molecule has 3 rings (SSSR count). The third-order valence-corrected chi connectivity index (χ3v) is 4.18. The van der Waals surface area contributed by atoms with Crippen LogP contribution in [0.2, 0.25) is 0 Å². The number of carbonyl (C=O) groups excluding carboxylic acids is 1. The molecule has 0 spiro atoms. The molecule has 0 aliphatic carbocycles. The maximum atomic E-state index is 12.2. The minimum atomic E-state index is -0.249. The van der Waals surface area contributed by atoms with Gasteiger partial charge in [-0.15, -0.1) is 0 Å². The first-order valence-corrected chi connectivity index (χ1v) is 7.81. The minimum absolute atomic E-state index is 0.170. The van der Waals surface area contributed by atoms with Crippen LogP contribution >= 0.6 is 0 Å². The topological polar surface area (TPSA) is 78.5 Å². The van der Waals surface area contributed by atoms with E-state index >= 15 is 0 Å². The van der Waals surface area contributed by atoms with Crippen LogP contribution in [0.3, 0.4) is 0 Å². The Kier molecular flexibility index (Phi) is 4.54. The molecule has 0 aromatic carbocycles. The van der Waals surface area contributed by atoms with Gasteiger partial charge in [0.1, 0.15) is 11.9 Å². The number of hydrogen-bond acceptors (Lipinski definition) is 5. The summed E-state index contributed by atoms with van der Waals surface area (Å²) >= 11 is 0. The van der Waals surface area contributed by atoms with Crippen LogP contribution in [0.1, 0.15) is 30.5 Å². The van der Waals surface area contributed by atoms with E-state index in [9.17, 15) is 9.59 Å². The summed E-state index contributed by atoms with van der Waals surface area (Å²) < 4.78 is 5.73. The standard InChI is InChI=1S/C15H22N4O3/c1-11-16-12(8-14(20)17-11)13-9-18(6-7-22-13)10-15(21)19-4-2-3-5-19/h8,13H,2-7,9-10H2,1H3,(H,16,17,20)/t13-/m1/s1. The average molecular weight is 306 g/mol. The number of aromatic nitrogens is 2. The molecule has 1 aromatic heterocycles. The Bertz CT molecular complexity index is 595. The maximum absolute atomic E-state index is 12.2. The number of nitrogens with one attached hydrogen (secondary N) is 1. The normalized spacial score (nSPS) is 23.0. The van der Waals surface area contributed by atoms with E-state index in [0.717, 1.165) is 32.5 Å². The van der Waals surface area contributed by atoms with Crippen molar-refractivity contribution in [2.45, 2.75) is 25.9 Å². The quantitative estimate of drug-likeness (QED) is 0.855. The Hall–Kier alpha value is -1.73. The van der Waals surface area contributed by atoms with Gasteiger partial charge in [0.25, 0.3) is 5.56 Å². The number of nitrogens with zero attached hydrogens (tertiary/aromatic N) is 3. The first-order valence-electron chi connectivity index (χ1n) is 7.81. The summed E-state index contributed by atoms with van der Waals surface area (Å²) in [4.78, 5) is 34.8. The van der Waals surface area contributed by atoms with Crippen molar-refractivity contribution >= 4 is 5.91 Å². The summed E-state index contributed by atoms with van der Waals surface area (Å²) in [7, 11) is 0. The zero-order chi connectivity index (χ0) is 15.5. The van der Waals surface area contributed by atoms with E-state index < -0.39 is 0 Å². The van der Waals surface area contributed by atoms with Gasteiger partial charge in [-0.3, -0.25) is 14.5 Å². The van der Waals surface area contributed by atoms with Gasteiger partial charge in [-0.25, -0.2) is 4.98 Å². The van der Waals surface area contributed by atoms with Crippen LogP contribution in [0.4, 0.5) is 0 Å². The lowest BCUT2D eigenvalue weighted by atomic mass is 10.2. The van der Waals surface area contributed by atoms with Crippen molar-refractivity contribution in [2.24, 2.45) is 0 Å². The average Bonchev–Trinajstić information content (AvgIpc) is 3.01. The molecule has 2 aliphatic rings. The number of morpholine rings is 1. The van der Waals surface area contributed by atoms with Gasteiger partial charge >= 0.3 is 0 Å². The molecule has 0 radical (unpaired) electrons. The Balaban J connectivity index is 1.63. The second-order valence-electron chi connectivity index (χ2n) is 5.94. The summed E-state index contributed by atoms with van der Waals surface area (Å²) in [6.45, 7) is 5.80. The fourth-order valence-corrected chi connectivity index (χ4v) is 3.05. The number of amides is 1. The van der Waals surface area contributed by atoms with Crippen molar-refractivity contribution in [3.05, 3.63) is 27.9 Å². The molecule has 0 bridgehead atoms. The maximum Gasteiger partial charge on any atom is 0.251 e. The number of rotatable bonds is 3. The molecular weight excluding hydrogens is 284 g/mol. The van der Waals surface area contributed by atoms with Crippen molar-refractivity contribution in [1.82, 2.24) is 19.8 Å². The molecule has 0 unspecified atom stereocenters. The lowest BCUT2D eigenvalue weighted by Gasteiger charge is -2.33. The Labute approximate surface area is 129 Å². The summed E-state index contributed by atoms with van der Waals surface area (Å²) in [6.07, 6.45) is 1.96. The molecule has 1 N–H and O–H groups in total. The number of ether oxygens (including phenoxy) is 1. The SMILES string of the molecule is Cc1nc([C@H]2CN(CC(=O)N3CCCC3)CCO2)cc(=O)[nH]1. The van der Waals surface area contributed by atoms with Crippen LogP contribution in [-0.2, 0) is 9.53 Å². The van der Waals surface area contributed by atoms with Crippen molar-refractivity contribution in [2.75, 3.05) is 39.3 Å². The molecule has 2 aliphatic heterocycles. The van der Waals surface area contributed by atoms with Crippen molar-refractivity contribution in [3.63, 3.8) is 0 Å². The van der Waals surface area contributed by atoms with Crippen molar-refractivity contribution in [1.29, 1.82) is 0 Å². The van der Waals surface area contributed by atoms with Gasteiger partial charge in [0.05, 0.1) is 18.8 Å². The highest BCUT2D eigenvalue weighted by molar-refractivity contribution is 5.78. The first kappa shape index (κ1) is 15.2. The molecular formula is C15H22N4O3. The number of carbonyl (C=O) groups is 1. The second-order valence-corrected chi connectivity index (χ2v) is 5.94. The highest BCUT2D eigenvalue weighted by Gasteiger charge is 2.27. The predicted molar refractivity (Wildman–Crippen MR) is 80.5 cm³/mol. The molecule has 1 aromatic rings. The highest BCUT2D eigenvalue weighted by Crippen LogP contribution is 2.20. The summed E-state index contributed by atoms with van der Waals surface area (Å²) in [5.41, 5.74) is 0.468. The number of hydrogen-bond donors (Lipinski definition) is 1. The smallest absolute Gasteiger partial charge is 0.251 e. The third kappa shape index (κ3) is 3.53. The predicted octanol–water partition coefficient (Wildman–Crippen LogP) is 0.0740. The minimum Gasteiger partial charge on any atom is -0.369 e. The summed E-state index contributed by atoms with van der Waals surface area (Å²) in [5.74, 6) is 0.768. The van der Waals surface area contributed by atoms with Gasteiger partial charge in [-0.05, 0) is 19.8 Å². The van der Waals surface area contributed by atoms with E-state index in [1.165, 1.54) is 6.07 Å². The first-order chi connectivity index (χ1) is 10.6. The van der Waals surface area contributed by atoms with Gasteiger partial charge < -0.3 is 14.6 Å². The van der Waals surface area contributed by atoms with Crippen molar-refractivity contribution in [3.8, 4) is 0 Å². The van der Waals surface area contributed by atoms with E-state index in [1.807, 2.05) is 4.90 Å². The monoisotopic (exact) mass is 306 g/mol. The molecule has 22 heavy (non-hydrogen) atoms. The van der Waals surface area contributed by atoms with E-state index in [-0.39, 0.29) is 17.6 Å². The summed E-state index contributed by atoms with van der Waals surface area (Å²) in [5, 5.41) is 0. The van der Waals surface area contributed by atoms with E-state index in [0.29, 0.717) is 31.2 Å². The lowest BCUT2D eigenvalue weighted by molar-refractivity contribution is -0.133. The van der Waals surface area contributed by atoms with Crippen LogP contribution < -0.4 is 5.56 Å². The Morgan fingerprint density at radius 3 is 2.91 bits per heavy atom. The van der Waals surface area contributed by atoms with Crippen LogP contribution in [-0.4, -0.2) is 65.0 Å². The number of likely N-dealkylation sites (tertiary alicyclic amines) is 1. The van der Waals surface area contributed by atoms with E-state index in [1.54, 1.807) is 6.92 Å². The molecule has 1 amide bonds. The van der Waals surface area contributed by atoms with Crippen LogP contribution in [0.15, 0.2) is 10.9 Å². The van der Waals surface area contributed by atoms with Crippen molar-refractivity contribution < 1.29 is 9.53 Å². The third-order valence-electron chi connectivity index (χ3n) is 4.18. The molecule has 7 heteroatoms. The van der Waals surface area contributed by atoms with Gasteiger partial charge in [0.15, 0.2) is 0 Å². The fourth-order valence-electron chi connectivity index (χ4n) is 3.05. The van der Waals surface area contributed by atoms with Crippen LogP contribution in [0.25, 0.3) is 0 Å². The molecule has 3 heterocycles. The zero-order valence-electron chi connectivity index (χ0n) is 12.9. The van der Waals surface area contributed by atoms with Gasteiger partial charge in [-0.2, -0.15) is 0 Å². The van der Waals surface area contributed by atoms with E-state index in [2.05, 4.69) is 14.9 Å². The highest BCUT2D eigenvalue weighted by atomic mass is 16.5. The molecule has 120 valence electrons. The number of aromatic amines is 1. The molecule has 7 nitrogen and oxygen atoms in total. The fraction of sp³-hybridized carbons (Fsp3) is 0.667. The number of aryl methyl sites for hydroxylation is 1. The summed E-state index contributed by atoms with van der Waals surface area (Å²) in [6, 6.07) is 1.48. The zero-order valence-corrected chi connectivity index (χ0v) is 12.9. The van der Waals surface area contributed by atoms with Crippen LogP contribution in [0.5, 0.6) is 0 Å². The van der Waals surface area contributed by atoms with Gasteiger partial charge in [0, 0.05) is 32.2 Å². The molecule has 0 saturated carbocycles. The number of H-pyrrole nitrogens is 1. The van der Waals surface area contributed by atoms with E-state index in [4.69, 9.17) is 4.74 Å². The van der Waals surface area contributed by atoms with Gasteiger partial charge in [0.2, 0.25) is 5.91 Å². The van der Waals surface area contributed by atoms with Gasteiger partial charge in [-0.1, -0.05) is 0 Å².